The molecule has 1 aliphatic carbocycles. The van der Waals surface area contributed by atoms with Gasteiger partial charge in [0, 0.05) is 10.6 Å². The molecular formula is C20H22N2OS2. The lowest BCUT2D eigenvalue weighted by Crippen LogP contribution is -2.23. The summed E-state index contributed by atoms with van der Waals surface area (Å²) in [5.74, 6) is 0.985. The normalized spacial score (nSPS) is 14.0. The summed E-state index contributed by atoms with van der Waals surface area (Å²) < 4.78 is 2.73. The zero-order valence-electron chi connectivity index (χ0n) is 14.5. The number of thioether (sulfide) groups is 1. The predicted molar refractivity (Wildman–Crippen MR) is 107 cm³/mol. The largest absolute Gasteiger partial charge is 0.282 e. The van der Waals surface area contributed by atoms with Crippen LogP contribution in [-0.4, -0.2) is 15.3 Å². The summed E-state index contributed by atoms with van der Waals surface area (Å²) in [5.41, 5.74) is 3.60. The van der Waals surface area contributed by atoms with Crippen LogP contribution in [0, 0.1) is 0 Å². The first-order valence-electron chi connectivity index (χ1n) is 8.99. The Morgan fingerprint density at radius 2 is 2.00 bits per heavy atom. The van der Waals surface area contributed by atoms with Crippen LogP contribution in [0.1, 0.15) is 42.2 Å². The third kappa shape index (κ3) is 3.27. The molecule has 130 valence electrons. The SMILES string of the molecule is CCCSc1nc2c3c(sc2c(=O)n1Cc1ccccc1)CCCC3. The van der Waals surface area contributed by atoms with Gasteiger partial charge in [-0.2, -0.15) is 0 Å². The lowest BCUT2D eigenvalue weighted by molar-refractivity contribution is 0.656. The molecule has 0 spiro atoms. The number of aromatic nitrogens is 2. The van der Waals surface area contributed by atoms with E-state index in [0.717, 1.165) is 46.0 Å². The van der Waals surface area contributed by atoms with Gasteiger partial charge in [0.25, 0.3) is 5.56 Å². The van der Waals surface area contributed by atoms with Crippen molar-refractivity contribution in [3.8, 4) is 0 Å². The van der Waals surface area contributed by atoms with Crippen molar-refractivity contribution in [1.82, 2.24) is 9.55 Å². The fourth-order valence-corrected chi connectivity index (χ4v) is 5.51. The molecule has 0 fully saturated rings. The van der Waals surface area contributed by atoms with Crippen LogP contribution in [0.2, 0.25) is 0 Å². The second kappa shape index (κ2) is 7.34. The van der Waals surface area contributed by atoms with E-state index in [0.29, 0.717) is 6.54 Å². The van der Waals surface area contributed by atoms with Gasteiger partial charge in [0.05, 0.1) is 12.1 Å². The van der Waals surface area contributed by atoms with E-state index in [4.69, 9.17) is 4.98 Å². The second-order valence-electron chi connectivity index (χ2n) is 6.51. The Kier molecular flexibility index (Phi) is 4.95. The highest BCUT2D eigenvalue weighted by atomic mass is 32.2. The maximum Gasteiger partial charge on any atom is 0.272 e. The van der Waals surface area contributed by atoms with Crippen LogP contribution in [0.3, 0.4) is 0 Å². The van der Waals surface area contributed by atoms with Gasteiger partial charge in [-0.1, -0.05) is 49.0 Å². The van der Waals surface area contributed by atoms with E-state index < -0.39 is 0 Å². The van der Waals surface area contributed by atoms with Gasteiger partial charge in [0.1, 0.15) is 4.70 Å². The van der Waals surface area contributed by atoms with E-state index in [1.165, 1.54) is 23.3 Å². The minimum atomic E-state index is 0.131. The predicted octanol–water partition coefficient (Wildman–Crippen LogP) is 4.89. The third-order valence-electron chi connectivity index (χ3n) is 4.64. The van der Waals surface area contributed by atoms with Gasteiger partial charge < -0.3 is 0 Å². The lowest BCUT2D eigenvalue weighted by Gasteiger charge is -2.13. The van der Waals surface area contributed by atoms with Crippen molar-refractivity contribution in [1.29, 1.82) is 0 Å². The molecule has 25 heavy (non-hydrogen) atoms. The molecule has 0 bridgehead atoms. The maximum absolute atomic E-state index is 13.3. The molecule has 2 aromatic heterocycles. The number of rotatable bonds is 5. The van der Waals surface area contributed by atoms with Gasteiger partial charge in [0.15, 0.2) is 5.16 Å². The maximum atomic E-state index is 13.3. The van der Waals surface area contributed by atoms with E-state index in [2.05, 4.69) is 19.1 Å². The minimum absolute atomic E-state index is 0.131. The van der Waals surface area contributed by atoms with Crippen LogP contribution < -0.4 is 5.56 Å². The molecule has 0 atom stereocenters. The van der Waals surface area contributed by atoms with Crippen LogP contribution >= 0.6 is 23.1 Å². The molecule has 0 aliphatic heterocycles. The Hall–Kier alpha value is -1.59. The summed E-state index contributed by atoms with van der Waals surface area (Å²) in [4.78, 5) is 19.6. The molecule has 5 heteroatoms. The van der Waals surface area contributed by atoms with Crippen molar-refractivity contribution in [2.24, 2.45) is 0 Å². The second-order valence-corrected chi connectivity index (χ2v) is 8.68. The summed E-state index contributed by atoms with van der Waals surface area (Å²) in [6, 6.07) is 10.2. The van der Waals surface area contributed by atoms with Crippen LogP contribution in [0.25, 0.3) is 10.2 Å². The molecule has 0 N–H and O–H groups in total. The van der Waals surface area contributed by atoms with Crippen LogP contribution in [0.4, 0.5) is 0 Å². The van der Waals surface area contributed by atoms with Crippen molar-refractivity contribution in [2.75, 3.05) is 5.75 Å². The standard InChI is InChI=1S/C20H22N2OS2/c1-2-12-24-20-21-17-15-10-6-7-11-16(15)25-18(17)19(23)22(20)13-14-8-4-3-5-9-14/h3-5,8-9H,2,6-7,10-13H2,1H3. The zero-order chi connectivity index (χ0) is 17.2. The first-order valence-corrected chi connectivity index (χ1v) is 10.8. The fourth-order valence-electron chi connectivity index (χ4n) is 3.39. The molecule has 3 aromatic rings. The summed E-state index contributed by atoms with van der Waals surface area (Å²) in [7, 11) is 0. The molecule has 0 saturated heterocycles. The van der Waals surface area contributed by atoms with Crippen molar-refractivity contribution >= 4 is 33.3 Å². The van der Waals surface area contributed by atoms with E-state index in [-0.39, 0.29) is 5.56 Å². The number of hydrogen-bond donors (Lipinski definition) is 0. The van der Waals surface area contributed by atoms with Crippen molar-refractivity contribution < 1.29 is 0 Å². The van der Waals surface area contributed by atoms with Gasteiger partial charge in [0.2, 0.25) is 0 Å². The fraction of sp³-hybridized carbons (Fsp3) is 0.400. The average Bonchev–Trinajstić information content (AvgIpc) is 3.02. The van der Waals surface area contributed by atoms with Gasteiger partial charge >= 0.3 is 0 Å². The minimum Gasteiger partial charge on any atom is -0.282 e. The molecule has 1 aromatic carbocycles. The summed E-state index contributed by atoms with van der Waals surface area (Å²) >= 11 is 3.38. The third-order valence-corrected chi connectivity index (χ3v) is 7.09. The number of thiophene rings is 1. The monoisotopic (exact) mass is 370 g/mol. The number of aryl methyl sites for hydroxylation is 2. The van der Waals surface area contributed by atoms with Gasteiger partial charge in [-0.05, 0) is 43.2 Å². The van der Waals surface area contributed by atoms with Crippen LogP contribution in [0.15, 0.2) is 40.3 Å². The van der Waals surface area contributed by atoms with Crippen LogP contribution in [0.5, 0.6) is 0 Å². The summed E-state index contributed by atoms with van der Waals surface area (Å²) in [6.45, 7) is 2.76. The highest BCUT2D eigenvalue weighted by Crippen LogP contribution is 2.34. The van der Waals surface area contributed by atoms with Crippen molar-refractivity contribution in [3.05, 3.63) is 56.7 Å². The summed E-state index contributed by atoms with van der Waals surface area (Å²) in [5, 5.41) is 0.870. The van der Waals surface area contributed by atoms with E-state index >= 15 is 0 Å². The molecule has 0 unspecified atom stereocenters. The molecule has 0 radical (unpaired) electrons. The molecule has 4 rings (SSSR count). The van der Waals surface area contributed by atoms with Gasteiger partial charge in [-0.15, -0.1) is 11.3 Å². The van der Waals surface area contributed by atoms with Gasteiger partial charge in [-0.25, -0.2) is 4.98 Å². The number of hydrogen-bond acceptors (Lipinski definition) is 4. The average molecular weight is 371 g/mol. The Morgan fingerprint density at radius 1 is 1.20 bits per heavy atom. The number of benzene rings is 1. The molecular weight excluding hydrogens is 348 g/mol. The highest BCUT2D eigenvalue weighted by molar-refractivity contribution is 7.99. The van der Waals surface area contributed by atoms with Crippen molar-refractivity contribution in [3.63, 3.8) is 0 Å². The lowest BCUT2D eigenvalue weighted by atomic mass is 9.98. The van der Waals surface area contributed by atoms with E-state index in [1.54, 1.807) is 23.1 Å². The summed E-state index contributed by atoms with van der Waals surface area (Å²) in [6.07, 6.45) is 5.69. The topological polar surface area (TPSA) is 34.9 Å². The Morgan fingerprint density at radius 3 is 2.80 bits per heavy atom. The first kappa shape index (κ1) is 16.9. The molecule has 3 nitrogen and oxygen atoms in total. The number of nitrogens with zero attached hydrogens (tertiary/aromatic N) is 2. The quantitative estimate of drug-likeness (QED) is 0.474. The smallest absolute Gasteiger partial charge is 0.272 e. The molecule has 1 aliphatic rings. The molecule has 0 amide bonds. The van der Waals surface area contributed by atoms with E-state index in [9.17, 15) is 4.79 Å². The highest BCUT2D eigenvalue weighted by Gasteiger charge is 2.21. The zero-order valence-corrected chi connectivity index (χ0v) is 16.1. The Bertz CT molecular complexity index is 944. The first-order chi connectivity index (χ1) is 12.3. The van der Waals surface area contributed by atoms with Crippen LogP contribution in [-0.2, 0) is 19.4 Å². The Labute approximate surface area is 156 Å². The number of fused-ring (bicyclic) bond motifs is 3. The molecule has 2 heterocycles. The van der Waals surface area contributed by atoms with Crippen molar-refractivity contribution in [2.45, 2.75) is 50.7 Å². The Balaban J connectivity index is 1.87. The van der Waals surface area contributed by atoms with Gasteiger partial charge in [-0.3, -0.25) is 9.36 Å². The van der Waals surface area contributed by atoms with E-state index in [1.807, 2.05) is 22.8 Å². The molecule has 0 saturated carbocycles.